The number of aromatic nitrogens is 1. The van der Waals surface area contributed by atoms with E-state index in [0.29, 0.717) is 22.5 Å². The van der Waals surface area contributed by atoms with Crippen LogP contribution >= 0.6 is 11.6 Å². The number of para-hydroxylation sites is 1. The fourth-order valence-corrected chi connectivity index (χ4v) is 5.48. The van der Waals surface area contributed by atoms with E-state index in [2.05, 4.69) is 0 Å². The van der Waals surface area contributed by atoms with Crippen LogP contribution in [0.1, 0.15) is 19.4 Å². The summed E-state index contributed by atoms with van der Waals surface area (Å²) in [5.41, 5.74) is 1.74. The second-order valence-electron chi connectivity index (χ2n) is 8.20. The van der Waals surface area contributed by atoms with Crippen LogP contribution in [0.25, 0.3) is 10.9 Å². The highest BCUT2D eigenvalue weighted by molar-refractivity contribution is 7.91. The molecule has 4 rings (SSSR count). The molecule has 7 heteroatoms. The van der Waals surface area contributed by atoms with Gasteiger partial charge in [-0.3, -0.25) is 4.79 Å². The Morgan fingerprint density at radius 2 is 1.58 bits per heavy atom. The van der Waals surface area contributed by atoms with Gasteiger partial charge in [0.25, 0.3) is 0 Å². The molecule has 0 saturated carbocycles. The van der Waals surface area contributed by atoms with Gasteiger partial charge >= 0.3 is 0 Å². The summed E-state index contributed by atoms with van der Waals surface area (Å²) in [4.78, 5) is 15.4. The molecule has 5 nitrogen and oxygen atoms in total. The monoisotopic (exact) mass is 480 g/mol. The molecule has 0 N–H and O–H groups in total. The molecule has 3 aromatic carbocycles. The van der Waals surface area contributed by atoms with Gasteiger partial charge in [0.2, 0.25) is 15.7 Å². The van der Waals surface area contributed by atoms with E-state index >= 15 is 0 Å². The third kappa shape index (κ3) is 4.82. The Morgan fingerprint density at radius 3 is 2.24 bits per heavy atom. The summed E-state index contributed by atoms with van der Waals surface area (Å²) < 4.78 is 28.5. The molecule has 1 heterocycles. The summed E-state index contributed by atoms with van der Waals surface area (Å²) in [5.74, 6) is -0.0787. The van der Waals surface area contributed by atoms with Crippen molar-refractivity contribution in [3.8, 4) is 0 Å². The number of carbonyl (C=O) groups excluding carboxylic acids is 1. The minimum absolute atomic E-state index is 0.00296. The Kier molecular flexibility index (Phi) is 6.58. The number of rotatable bonds is 7. The first-order valence-electron chi connectivity index (χ1n) is 10.7. The summed E-state index contributed by atoms with van der Waals surface area (Å²) in [6.45, 7) is 4.49. The smallest absolute Gasteiger partial charge is 0.243 e. The van der Waals surface area contributed by atoms with Crippen molar-refractivity contribution < 1.29 is 13.2 Å². The number of amides is 1. The number of hydrogen-bond donors (Lipinski definition) is 0. The van der Waals surface area contributed by atoms with Gasteiger partial charge in [-0.25, -0.2) is 8.42 Å². The highest BCUT2D eigenvalue weighted by Gasteiger charge is 2.25. The van der Waals surface area contributed by atoms with Crippen LogP contribution in [0.4, 0.5) is 0 Å². The van der Waals surface area contributed by atoms with Gasteiger partial charge < -0.3 is 9.47 Å². The Bertz CT molecular complexity index is 1380. The number of halogens is 1. The Balaban J connectivity index is 1.70. The van der Waals surface area contributed by atoms with Gasteiger partial charge in [0.15, 0.2) is 0 Å². The van der Waals surface area contributed by atoms with Gasteiger partial charge in [0.1, 0.15) is 6.54 Å². The zero-order chi connectivity index (χ0) is 23.6. The number of fused-ring (bicyclic) bond motifs is 1. The van der Waals surface area contributed by atoms with E-state index < -0.39 is 9.84 Å². The first kappa shape index (κ1) is 23.1. The summed E-state index contributed by atoms with van der Waals surface area (Å²) in [5, 5.41) is 1.05. The summed E-state index contributed by atoms with van der Waals surface area (Å²) in [6, 6.07) is 23.2. The van der Waals surface area contributed by atoms with E-state index in [1.165, 1.54) is 12.1 Å². The maximum absolute atomic E-state index is 13.4. The van der Waals surface area contributed by atoms with E-state index in [1.54, 1.807) is 39.9 Å². The fraction of sp³-hybridized carbons (Fsp3) is 0.192. The lowest BCUT2D eigenvalue weighted by Gasteiger charge is -2.27. The molecule has 1 amide bonds. The first-order chi connectivity index (χ1) is 15.8. The lowest BCUT2D eigenvalue weighted by molar-refractivity contribution is -0.134. The summed E-state index contributed by atoms with van der Waals surface area (Å²) in [7, 11) is -3.79. The Labute approximate surface area is 199 Å². The van der Waals surface area contributed by atoms with E-state index in [-0.39, 0.29) is 28.3 Å². The maximum Gasteiger partial charge on any atom is 0.243 e. The standard InChI is InChI=1S/C26H25ClN2O3S/c1-19(2)29(16-20-8-4-3-5-9-20)26(30)18-28-17-25(23-10-6-7-11-24(23)28)33(31,32)22-14-12-21(27)13-15-22/h3-15,17,19H,16,18H2,1-2H3. The molecule has 0 unspecified atom stereocenters. The zero-order valence-electron chi connectivity index (χ0n) is 18.5. The topological polar surface area (TPSA) is 59.4 Å². The van der Waals surface area contributed by atoms with E-state index in [0.717, 1.165) is 5.56 Å². The van der Waals surface area contributed by atoms with Crippen LogP contribution in [-0.2, 0) is 27.7 Å². The molecule has 0 aliphatic heterocycles. The molecule has 0 radical (unpaired) electrons. The summed E-state index contributed by atoms with van der Waals surface area (Å²) >= 11 is 5.94. The number of benzene rings is 3. The minimum Gasteiger partial charge on any atom is -0.337 e. The molecule has 170 valence electrons. The molecule has 0 aliphatic carbocycles. The minimum atomic E-state index is -3.79. The third-order valence-electron chi connectivity index (χ3n) is 5.61. The van der Waals surface area contributed by atoms with Crippen molar-refractivity contribution in [2.45, 2.75) is 42.8 Å². The number of nitrogens with zero attached hydrogens (tertiary/aromatic N) is 2. The molecule has 0 fully saturated rings. The lowest BCUT2D eigenvalue weighted by Crippen LogP contribution is -2.38. The van der Waals surface area contributed by atoms with Crippen molar-refractivity contribution in [3.05, 3.63) is 95.6 Å². The number of hydrogen-bond acceptors (Lipinski definition) is 3. The first-order valence-corrected chi connectivity index (χ1v) is 12.6. The van der Waals surface area contributed by atoms with Gasteiger partial charge in [-0.2, -0.15) is 0 Å². The molecular formula is C26H25ClN2O3S. The Hall–Kier alpha value is -3.09. The number of carbonyl (C=O) groups is 1. The third-order valence-corrected chi connectivity index (χ3v) is 7.66. The van der Waals surface area contributed by atoms with Crippen molar-refractivity contribution >= 4 is 38.2 Å². The predicted molar refractivity (Wildman–Crippen MR) is 131 cm³/mol. The predicted octanol–water partition coefficient (Wildman–Crippen LogP) is 5.56. The van der Waals surface area contributed by atoms with Crippen LogP contribution in [0.2, 0.25) is 5.02 Å². The van der Waals surface area contributed by atoms with E-state index in [1.807, 2.05) is 56.3 Å². The average molecular weight is 481 g/mol. The average Bonchev–Trinajstić information content (AvgIpc) is 3.17. The molecule has 0 aliphatic rings. The molecule has 33 heavy (non-hydrogen) atoms. The lowest BCUT2D eigenvalue weighted by atomic mass is 10.2. The van der Waals surface area contributed by atoms with Gasteiger partial charge in [0, 0.05) is 34.7 Å². The molecule has 0 bridgehead atoms. The largest absolute Gasteiger partial charge is 0.337 e. The molecule has 4 aromatic rings. The Morgan fingerprint density at radius 1 is 0.939 bits per heavy atom. The SMILES string of the molecule is CC(C)N(Cc1ccccc1)C(=O)Cn1cc(S(=O)(=O)c2ccc(Cl)cc2)c2ccccc21. The van der Waals surface area contributed by atoms with Crippen LogP contribution in [0.5, 0.6) is 0 Å². The van der Waals surface area contributed by atoms with E-state index in [9.17, 15) is 13.2 Å². The fourth-order valence-electron chi connectivity index (χ4n) is 3.87. The molecule has 0 saturated heterocycles. The van der Waals surface area contributed by atoms with Crippen LogP contribution in [0.15, 0.2) is 94.9 Å². The van der Waals surface area contributed by atoms with Gasteiger partial charge in [-0.05, 0) is 49.7 Å². The van der Waals surface area contributed by atoms with Crippen molar-refractivity contribution in [3.63, 3.8) is 0 Å². The molecule has 0 spiro atoms. The van der Waals surface area contributed by atoms with Gasteiger partial charge in [-0.1, -0.05) is 60.1 Å². The van der Waals surface area contributed by atoms with Crippen molar-refractivity contribution in [1.29, 1.82) is 0 Å². The highest BCUT2D eigenvalue weighted by Crippen LogP contribution is 2.31. The van der Waals surface area contributed by atoms with Crippen LogP contribution < -0.4 is 0 Å². The molecule has 0 atom stereocenters. The van der Waals surface area contributed by atoms with Crippen molar-refractivity contribution in [2.24, 2.45) is 0 Å². The van der Waals surface area contributed by atoms with Gasteiger partial charge in [-0.15, -0.1) is 0 Å². The van der Waals surface area contributed by atoms with Gasteiger partial charge in [0.05, 0.1) is 9.79 Å². The molecular weight excluding hydrogens is 456 g/mol. The highest BCUT2D eigenvalue weighted by atomic mass is 35.5. The van der Waals surface area contributed by atoms with Crippen molar-refractivity contribution in [1.82, 2.24) is 9.47 Å². The van der Waals surface area contributed by atoms with E-state index in [4.69, 9.17) is 11.6 Å². The summed E-state index contributed by atoms with van der Waals surface area (Å²) in [6.07, 6.45) is 1.56. The van der Waals surface area contributed by atoms with Crippen LogP contribution in [0, 0.1) is 0 Å². The van der Waals surface area contributed by atoms with Crippen molar-refractivity contribution in [2.75, 3.05) is 0 Å². The zero-order valence-corrected chi connectivity index (χ0v) is 20.1. The van der Waals surface area contributed by atoms with Crippen LogP contribution in [-0.4, -0.2) is 29.8 Å². The second-order valence-corrected chi connectivity index (χ2v) is 10.6. The quantitative estimate of drug-likeness (QED) is 0.347. The second kappa shape index (κ2) is 9.41. The number of sulfone groups is 1. The van der Waals surface area contributed by atoms with Crippen LogP contribution in [0.3, 0.4) is 0 Å². The molecule has 1 aromatic heterocycles. The maximum atomic E-state index is 13.4. The normalized spacial score (nSPS) is 11.8.